The van der Waals surface area contributed by atoms with E-state index in [1.807, 2.05) is 18.2 Å². The van der Waals surface area contributed by atoms with Crippen LogP contribution in [0.25, 0.3) is 0 Å². The molecule has 0 amide bonds. The molecule has 0 bridgehead atoms. The Hall–Kier alpha value is -1.82. The van der Waals surface area contributed by atoms with E-state index in [4.69, 9.17) is 14.2 Å². The van der Waals surface area contributed by atoms with E-state index in [0.717, 1.165) is 5.56 Å². The molecule has 180 valence electrons. The molecule has 0 aliphatic carbocycles. The van der Waals surface area contributed by atoms with Gasteiger partial charge in [0.15, 0.2) is 0 Å². The maximum absolute atomic E-state index is 11.4. The minimum absolute atomic E-state index is 0.0688. The number of thioether (sulfide) groups is 1. The summed E-state index contributed by atoms with van der Waals surface area (Å²) < 4.78 is 18.4. The predicted octanol–water partition coefficient (Wildman–Crippen LogP) is 6.53. The van der Waals surface area contributed by atoms with Crippen LogP contribution in [-0.4, -0.2) is 30.2 Å². The molecule has 1 fully saturated rings. The van der Waals surface area contributed by atoms with Crippen molar-refractivity contribution in [2.75, 3.05) is 6.61 Å². The largest absolute Gasteiger partial charge is 0.463 e. The number of benzene rings is 2. The van der Waals surface area contributed by atoms with Crippen molar-refractivity contribution < 1.29 is 19.0 Å². The van der Waals surface area contributed by atoms with Gasteiger partial charge in [-0.1, -0.05) is 88.8 Å². The number of aryl methyl sites for hydroxylation is 1. The summed E-state index contributed by atoms with van der Waals surface area (Å²) in [6.07, 6.45) is -0.249. The molecule has 2 aromatic rings. The summed E-state index contributed by atoms with van der Waals surface area (Å²) in [5.41, 5.74) is 3.54. The topological polar surface area (TPSA) is 44.8 Å². The average Bonchev–Trinajstić information content (AvgIpc) is 2.76. The molecule has 0 aromatic heterocycles. The highest BCUT2D eigenvalue weighted by Crippen LogP contribution is 2.42. The van der Waals surface area contributed by atoms with Crippen molar-refractivity contribution in [3.05, 3.63) is 65.2 Å². The minimum Gasteiger partial charge on any atom is -0.463 e. The fourth-order valence-electron chi connectivity index (χ4n) is 4.06. The zero-order valence-corrected chi connectivity index (χ0v) is 21.8. The first kappa shape index (κ1) is 25.8. The number of carbonyl (C=O) groups is 1. The van der Waals surface area contributed by atoms with Gasteiger partial charge in [0.05, 0.1) is 18.8 Å². The average molecular weight is 471 g/mol. The van der Waals surface area contributed by atoms with E-state index < -0.39 is 0 Å². The van der Waals surface area contributed by atoms with Crippen molar-refractivity contribution in [3.63, 3.8) is 0 Å². The number of carbonyl (C=O) groups excluding carboxylic acids is 1. The molecule has 3 rings (SSSR count). The second-order valence-corrected chi connectivity index (χ2v) is 11.3. The van der Waals surface area contributed by atoms with E-state index in [9.17, 15) is 4.79 Å². The maximum atomic E-state index is 11.4. The van der Waals surface area contributed by atoms with Gasteiger partial charge in [-0.05, 0) is 46.9 Å². The minimum atomic E-state index is -0.279. The standard InChI is InChI=1S/C28H38O4S/c1-18-13-14-23(28(5,6)7)15-25(18)33-27-26(31-16-22-11-9-8-10-12-22)20(3)19(2)24(32-27)17-30-21(4)29/h8-15,19-20,24,26-27H,16-17H2,1-7H3/t19-,20-,24?,26?,27-/m0/s1. The SMILES string of the molecule is CC(=O)OCC1O[C@@H](Sc2cc(C(C)(C)C)ccc2C)C(OCc2ccccc2)[C@@H](C)[C@@H]1C. The molecule has 1 aliphatic heterocycles. The van der Waals surface area contributed by atoms with E-state index in [-0.39, 0.29) is 47.5 Å². The first-order valence-corrected chi connectivity index (χ1v) is 12.7. The quantitative estimate of drug-likeness (QED) is 0.431. The van der Waals surface area contributed by atoms with Crippen molar-refractivity contribution in [1.82, 2.24) is 0 Å². The van der Waals surface area contributed by atoms with Gasteiger partial charge in [0.1, 0.15) is 12.0 Å². The zero-order chi connectivity index (χ0) is 24.2. The molecule has 2 aromatic carbocycles. The number of esters is 1. The van der Waals surface area contributed by atoms with Crippen molar-refractivity contribution in [2.24, 2.45) is 11.8 Å². The van der Waals surface area contributed by atoms with Gasteiger partial charge in [0.2, 0.25) is 0 Å². The van der Waals surface area contributed by atoms with Gasteiger partial charge in [0.25, 0.3) is 0 Å². The highest BCUT2D eigenvalue weighted by Gasteiger charge is 2.43. The fraction of sp³-hybridized carbons (Fsp3) is 0.536. The first-order chi connectivity index (χ1) is 15.6. The summed E-state index contributed by atoms with van der Waals surface area (Å²) >= 11 is 1.72. The molecule has 33 heavy (non-hydrogen) atoms. The van der Waals surface area contributed by atoms with Gasteiger partial charge in [-0.15, -0.1) is 0 Å². The molecule has 0 N–H and O–H groups in total. The summed E-state index contributed by atoms with van der Waals surface area (Å²) in [7, 11) is 0. The van der Waals surface area contributed by atoms with Crippen molar-refractivity contribution >= 4 is 17.7 Å². The van der Waals surface area contributed by atoms with E-state index in [0.29, 0.717) is 6.61 Å². The first-order valence-electron chi connectivity index (χ1n) is 11.8. The molecular weight excluding hydrogens is 432 g/mol. The van der Waals surface area contributed by atoms with Gasteiger partial charge >= 0.3 is 5.97 Å². The second-order valence-electron chi connectivity index (χ2n) is 10.2. The highest BCUT2D eigenvalue weighted by molar-refractivity contribution is 7.99. The Morgan fingerprint density at radius 1 is 1.06 bits per heavy atom. The molecule has 0 saturated carbocycles. The lowest BCUT2D eigenvalue weighted by Crippen LogP contribution is -2.50. The van der Waals surface area contributed by atoms with Crippen molar-refractivity contribution in [2.45, 2.75) is 83.0 Å². The number of ether oxygens (including phenoxy) is 3. The number of rotatable bonds is 7. The second kappa shape index (κ2) is 11.1. The Morgan fingerprint density at radius 2 is 1.76 bits per heavy atom. The Bertz CT molecular complexity index is 921. The van der Waals surface area contributed by atoms with Crippen LogP contribution in [0.15, 0.2) is 53.4 Å². The molecule has 1 heterocycles. The fourth-order valence-corrected chi connectivity index (χ4v) is 5.42. The van der Waals surface area contributed by atoms with Crippen LogP contribution in [-0.2, 0) is 31.0 Å². The summed E-state index contributed by atoms with van der Waals surface area (Å²) in [4.78, 5) is 12.6. The lowest BCUT2D eigenvalue weighted by atomic mass is 9.84. The van der Waals surface area contributed by atoms with Crippen LogP contribution in [0.5, 0.6) is 0 Å². The van der Waals surface area contributed by atoms with Crippen LogP contribution in [0.4, 0.5) is 0 Å². The number of hydrogen-bond donors (Lipinski definition) is 0. The Balaban J connectivity index is 1.85. The van der Waals surface area contributed by atoms with Gasteiger partial charge in [0, 0.05) is 11.8 Å². The van der Waals surface area contributed by atoms with E-state index >= 15 is 0 Å². The van der Waals surface area contributed by atoms with Crippen LogP contribution in [0.2, 0.25) is 0 Å². The van der Waals surface area contributed by atoms with Crippen LogP contribution < -0.4 is 0 Å². The smallest absolute Gasteiger partial charge is 0.302 e. The molecule has 5 heteroatoms. The third-order valence-electron chi connectivity index (χ3n) is 6.54. The van der Waals surface area contributed by atoms with E-state index in [1.54, 1.807) is 11.8 Å². The van der Waals surface area contributed by atoms with Crippen molar-refractivity contribution in [1.29, 1.82) is 0 Å². The van der Waals surface area contributed by atoms with Crippen LogP contribution >= 0.6 is 11.8 Å². The van der Waals surface area contributed by atoms with Crippen LogP contribution in [0, 0.1) is 18.8 Å². The summed E-state index contributed by atoms with van der Waals surface area (Å²) in [5.74, 6) is 0.162. The van der Waals surface area contributed by atoms with Crippen LogP contribution in [0.1, 0.15) is 58.2 Å². The third kappa shape index (κ3) is 6.84. The van der Waals surface area contributed by atoms with Crippen molar-refractivity contribution in [3.8, 4) is 0 Å². The van der Waals surface area contributed by atoms with Gasteiger partial charge in [-0.25, -0.2) is 0 Å². The summed E-state index contributed by atoms with van der Waals surface area (Å²) in [6, 6.07) is 16.9. The van der Waals surface area contributed by atoms with E-state index in [1.165, 1.54) is 22.9 Å². The van der Waals surface area contributed by atoms with Gasteiger partial charge in [-0.2, -0.15) is 0 Å². The normalized spacial score (nSPS) is 25.6. The highest BCUT2D eigenvalue weighted by atomic mass is 32.2. The Labute approximate surface area is 203 Å². The summed E-state index contributed by atoms with van der Waals surface area (Å²) in [5, 5.41) is 0. The molecule has 5 atom stereocenters. The molecule has 0 spiro atoms. The monoisotopic (exact) mass is 470 g/mol. The lowest BCUT2D eigenvalue weighted by molar-refractivity contribution is -0.178. The summed E-state index contributed by atoms with van der Waals surface area (Å²) in [6.45, 7) is 15.5. The zero-order valence-electron chi connectivity index (χ0n) is 21.0. The van der Waals surface area contributed by atoms with Gasteiger partial charge in [-0.3, -0.25) is 4.79 Å². The molecule has 0 radical (unpaired) electrons. The molecule has 4 nitrogen and oxygen atoms in total. The van der Waals surface area contributed by atoms with E-state index in [2.05, 4.69) is 71.9 Å². The molecule has 1 saturated heterocycles. The van der Waals surface area contributed by atoms with Crippen LogP contribution in [0.3, 0.4) is 0 Å². The number of hydrogen-bond acceptors (Lipinski definition) is 5. The van der Waals surface area contributed by atoms with Gasteiger partial charge < -0.3 is 14.2 Å². The predicted molar refractivity (Wildman–Crippen MR) is 134 cm³/mol. The third-order valence-corrected chi connectivity index (χ3v) is 7.85. The molecule has 1 aliphatic rings. The molecular formula is C28H38O4S. The lowest BCUT2D eigenvalue weighted by Gasteiger charge is -2.44. The Morgan fingerprint density at radius 3 is 2.39 bits per heavy atom. The molecule has 2 unspecified atom stereocenters. The maximum Gasteiger partial charge on any atom is 0.302 e. The Kier molecular flexibility index (Phi) is 8.65.